The Morgan fingerprint density at radius 3 is 3.00 bits per heavy atom. The molecule has 1 aromatic heterocycles. The number of anilines is 2. The number of nitrogens with zero attached hydrogens (tertiary/aromatic N) is 1. The van der Waals surface area contributed by atoms with E-state index >= 15 is 0 Å². The maximum Gasteiger partial charge on any atom is 0.0794 e. The van der Waals surface area contributed by atoms with Crippen LogP contribution in [0.1, 0.15) is 11.3 Å². The number of aryl methyl sites for hydroxylation is 1. The molecule has 0 atom stereocenters. The van der Waals surface area contributed by atoms with Gasteiger partial charge in [0.15, 0.2) is 0 Å². The van der Waals surface area contributed by atoms with Crippen molar-refractivity contribution in [1.82, 2.24) is 4.98 Å². The molecular formula is C12H15N3S. The largest absolute Gasteiger partial charge is 0.397 e. The number of nitrogens with two attached hydrogens (primary N) is 1. The highest BCUT2D eigenvalue weighted by Gasteiger charge is 2.01. The van der Waals surface area contributed by atoms with Crippen LogP contribution in [0.3, 0.4) is 0 Å². The van der Waals surface area contributed by atoms with E-state index in [1.54, 1.807) is 11.3 Å². The topological polar surface area (TPSA) is 50.9 Å². The Labute approximate surface area is 99.3 Å². The summed E-state index contributed by atoms with van der Waals surface area (Å²) in [4.78, 5) is 4.24. The van der Waals surface area contributed by atoms with Crippen molar-refractivity contribution in [2.24, 2.45) is 0 Å². The first-order valence-electron chi connectivity index (χ1n) is 5.23. The zero-order valence-corrected chi connectivity index (χ0v) is 10.1. The molecule has 84 valence electrons. The molecule has 0 aliphatic carbocycles. The lowest BCUT2D eigenvalue weighted by atomic mass is 10.1. The molecule has 3 N–H and O–H groups in total. The van der Waals surface area contributed by atoms with Gasteiger partial charge in [0.25, 0.3) is 0 Å². The van der Waals surface area contributed by atoms with Crippen molar-refractivity contribution in [3.8, 4) is 0 Å². The molecule has 0 aliphatic heterocycles. The maximum atomic E-state index is 5.90. The molecule has 0 aliphatic rings. The number of nitrogens with one attached hydrogen (secondary N) is 1. The third-order valence-electron chi connectivity index (χ3n) is 2.47. The highest BCUT2D eigenvalue weighted by molar-refractivity contribution is 7.07. The monoisotopic (exact) mass is 233 g/mol. The fourth-order valence-corrected chi connectivity index (χ4v) is 2.20. The molecule has 0 saturated carbocycles. The molecule has 0 radical (unpaired) electrons. The molecule has 0 saturated heterocycles. The van der Waals surface area contributed by atoms with Crippen LogP contribution >= 0.6 is 11.3 Å². The van der Waals surface area contributed by atoms with E-state index in [1.807, 2.05) is 17.6 Å². The van der Waals surface area contributed by atoms with E-state index in [0.29, 0.717) is 0 Å². The Morgan fingerprint density at radius 2 is 2.31 bits per heavy atom. The Balaban J connectivity index is 1.95. The van der Waals surface area contributed by atoms with Gasteiger partial charge in [-0.05, 0) is 18.6 Å². The molecule has 2 aromatic rings. The molecule has 0 unspecified atom stereocenters. The van der Waals surface area contributed by atoms with E-state index in [-0.39, 0.29) is 0 Å². The van der Waals surface area contributed by atoms with E-state index < -0.39 is 0 Å². The van der Waals surface area contributed by atoms with Gasteiger partial charge in [-0.1, -0.05) is 12.1 Å². The van der Waals surface area contributed by atoms with Gasteiger partial charge in [-0.25, -0.2) is 4.98 Å². The second-order valence-corrected chi connectivity index (χ2v) is 4.41. The molecule has 0 bridgehead atoms. The average molecular weight is 233 g/mol. The molecule has 3 nitrogen and oxygen atoms in total. The lowest BCUT2D eigenvalue weighted by Crippen LogP contribution is -2.08. The molecule has 0 spiro atoms. The van der Waals surface area contributed by atoms with E-state index in [2.05, 4.69) is 28.7 Å². The van der Waals surface area contributed by atoms with Crippen molar-refractivity contribution in [2.45, 2.75) is 13.3 Å². The van der Waals surface area contributed by atoms with E-state index in [4.69, 9.17) is 5.73 Å². The fourth-order valence-electron chi connectivity index (χ4n) is 1.61. The minimum Gasteiger partial charge on any atom is -0.397 e. The number of aromatic nitrogens is 1. The number of thiazole rings is 1. The summed E-state index contributed by atoms with van der Waals surface area (Å²) < 4.78 is 0. The van der Waals surface area contributed by atoms with E-state index in [1.165, 1.54) is 5.56 Å². The summed E-state index contributed by atoms with van der Waals surface area (Å²) in [6.07, 6.45) is 0.928. The zero-order chi connectivity index (χ0) is 11.4. The van der Waals surface area contributed by atoms with Gasteiger partial charge in [-0.2, -0.15) is 0 Å². The second kappa shape index (κ2) is 4.99. The Morgan fingerprint density at radius 1 is 1.44 bits per heavy atom. The van der Waals surface area contributed by atoms with Gasteiger partial charge >= 0.3 is 0 Å². The summed E-state index contributed by atoms with van der Waals surface area (Å²) in [7, 11) is 0. The first-order chi connectivity index (χ1) is 7.77. The summed E-state index contributed by atoms with van der Waals surface area (Å²) in [5.41, 5.74) is 11.9. The number of benzene rings is 1. The number of hydrogen-bond donors (Lipinski definition) is 2. The van der Waals surface area contributed by atoms with Crippen molar-refractivity contribution in [2.75, 3.05) is 17.6 Å². The third kappa shape index (κ3) is 2.52. The standard InChI is InChI=1S/C12H15N3S/c1-9-3-2-4-11(13)12(9)14-6-5-10-7-16-8-15-10/h2-4,7-8,14H,5-6,13H2,1H3. The molecule has 0 fully saturated rings. The van der Waals surface area contributed by atoms with Crippen LogP contribution in [0.4, 0.5) is 11.4 Å². The van der Waals surface area contributed by atoms with Gasteiger partial charge in [-0.15, -0.1) is 11.3 Å². The van der Waals surface area contributed by atoms with Crippen LogP contribution in [0.2, 0.25) is 0 Å². The van der Waals surface area contributed by atoms with Gasteiger partial charge in [-0.3, -0.25) is 0 Å². The SMILES string of the molecule is Cc1cccc(N)c1NCCc1cscn1. The normalized spacial score (nSPS) is 10.3. The zero-order valence-electron chi connectivity index (χ0n) is 9.23. The van der Waals surface area contributed by atoms with Crippen LogP contribution < -0.4 is 11.1 Å². The van der Waals surface area contributed by atoms with Crippen LogP contribution in [0.5, 0.6) is 0 Å². The smallest absolute Gasteiger partial charge is 0.0794 e. The predicted molar refractivity (Wildman–Crippen MR) is 69.9 cm³/mol. The maximum absolute atomic E-state index is 5.90. The lowest BCUT2D eigenvalue weighted by Gasteiger charge is -2.11. The van der Waals surface area contributed by atoms with Crippen LogP contribution in [0.15, 0.2) is 29.1 Å². The molecule has 4 heteroatoms. The van der Waals surface area contributed by atoms with Crippen LogP contribution in [-0.4, -0.2) is 11.5 Å². The molecule has 0 amide bonds. The van der Waals surface area contributed by atoms with Crippen LogP contribution in [0.25, 0.3) is 0 Å². The Kier molecular flexibility index (Phi) is 3.41. The highest BCUT2D eigenvalue weighted by atomic mass is 32.1. The van der Waals surface area contributed by atoms with Crippen molar-refractivity contribution in [3.05, 3.63) is 40.3 Å². The predicted octanol–water partition coefficient (Wildman–Crippen LogP) is 2.69. The first kappa shape index (κ1) is 11.0. The van der Waals surface area contributed by atoms with Gasteiger partial charge in [0, 0.05) is 18.3 Å². The number of hydrogen-bond acceptors (Lipinski definition) is 4. The summed E-state index contributed by atoms with van der Waals surface area (Å²) in [6.45, 7) is 2.92. The van der Waals surface area contributed by atoms with Crippen molar-refractivity contribution in [3.63, 3.8) is 0 Å². The second-order valence-electron chi connectivity index (χ2n) is 3.70. The molecule has 1 aromatic carbocycles. The number of nitrogen functional groups attached to an aromatic ring is 1. The average Bonchev–Trinajstić information content (AvgIpc) is 2.75. The summed E-state index contributed by atoms with van der Waals surface area (Å²) >= 11 is 1.63. The van der Waals surface area contributed by atoms with Crippen LogP contribution in [0, 0.1) is 6.92 Å². The van der Waals surface area contributed by atoms with Gasteiger partial charge in [0.05, 0.1) is 22.6 Å². The molecule has 16 heavy (non-hydrogen) atoms. The van der Waals surface area contributed by atoms with E-state index in [0.717, 1.165) is 30.0 Å². The summed E-state index contributed by atoms with van der Waals surface area (Å²) in [5.74, 6) is 0. The van der Waals surface area contributed by atoms with Crippen molar-refractivity contribution >= 4 is 22.7 Å². The summed E-state index contributed by atoms with van der Waals surface area (Å²) in [5, 5.41) is 5.43. The Bertz CT molecular complexity index is 431. The van der Waals surface area contributed by atoms with Crippen molar-refractivity contribution in [1.29, 1.82) is 0 Å². The quantitative estimate of drug-likeness (QED) is 0.798. The van der Waals surface area contributed by atoms with Gasteiger partial charge < -0.3 is 11.1 Å². The number of para-hydroxylation sites is 1. The van der Waals surface area contributed by atoms with Gasteiger partial charge in [0.1, 0.15) is 0 Å². The molecule has 1 heterocycles. The Hall–Kier alpha value is -1.55. The van der Waals surface area contributed by atoms with Gasteiger partial charge in [0.2, 0.25) is 0 Å². The molecule has 2 rings (SSSR count). The lowest BCUT2D eigenvalue weighted by molar-refractivity contribution is 0.976. The first-order valence-corrected chi connectivity index (χ1v) is 6.17. The fraction of sp³-hybridized carbons (Fsp3) is 0.250. The summed E-state index contributed by atoms with van der Waals surface area (Å²) in [6, 6.07) is 5.94. The highest BCUT2D eigenvalue weighted by Crippen LogP contribution is 2.22. The minimum absolute atomic E-state index is 0.804. The minimum atomic E-state index is 0.804. The number of rotatable bonds is 4. The van der Waals surface area contributed by atoms with E-state index in [9.17, 15) is 0 Å². The van der Waals surface area contributed by atoms with Crippen molar-refractivity contribution < 1.29 is 0 Å². The molecular weight excluding hydrogens is 218 g/mol. The van der Waals surface area contributed by atoms with Crippen LogP contribution in [-0.2, 0) is 6.42 Å². The third-order valence-corrected chi connectivity index (χ3v) is 3.11.